The van der Waals surface area contributed by atoms with E-state index in [-0.39, 0.29) is 29.1 Å². The Balaban J connectivity index is 0.000000432. The predicted molar refractivity (Wildman–Crippen MR) is 156 cm³/mol. The van der Waals surface area contributed by atoms with Crippen LogP contribution in [0.1, 0.15) is 32.4 Å². The SMILES string of the molecule is CC1(C)[C@H](C(=O)O[C@H](C#N)c2cccc(Oc3ccccc3)c2)[C@@H]1C=C(Br)Br.COP(=O)(NC(C)=O)SC. The Morgan fingerprint density at radius 2 is 1.79 bits per heavy atom. The first kappa shape index (κ1) is 32.1. The maximum absolute atomic E-state index is 12.7. The average Bonchev–Trinajstić information content (AvgIpc) is 3.41. The van der Waals surface area contributed by atoms with E-state index >= 15 is 0 Å². The zero-order valence-corrected chi connectivity index (χ0v) is 26.4. The Morgan fingerprint density at radius 3 is 2.29 bits per heavy atom. The normalized spacial score (nSPS) is 19.2. The van der Waals surface area contributed by atoms with Crippen LogP contribution in [0.4, 0.5) is 0 Å². The van der Waals surface area contributed by atoms with E-state index in [1.807, 2.05) is 50.3 Å². The molecule has 0 radical (unpaired) electrons. The van der Waals surface area contributed by atoms with Crippen LogP contribution >= 0.6 is 50.0 Å². The van der Waals surface area contributed by atoms with Crippen LogP contribution in [0.5, 0.6) is 11.5 Å². The molecule has 38 heavy (non-hydrogen) atoms. The molecule has 0 bridgehead atoms. The lowest BCUT2D eigenvalue weighted by Gasteiger charge is -2.13. The fourth-order valence-electron chi connectivity index (χ4n) is 3.66. The molecule has 0 aliphatic heterocycles. The first-order valence-electron chi connectivity index (χ1n) is 11.3. The van der Waals surface area contributed by atoms with E-state index in [1.54, 1.807) is 30.5 Å². The lowest BCUT2D eigenvalue weighted by molar-refractivity contribution is -0.149. The van der Waals surface area contributed by atoms with Gasteiger partial charge >= 0.3 is 12.7 Å². The van der Waals surface area contributed by atoms with Crippen LogP contribution in [0.15, 0.2) is 64.1 Å². The molecule has 8 nitrogen and oxygen atoms in total. The van der Waals surface area contributed by atoms with Gasteiger partial charge in [-0.2, -0.15) is 5.26 Å². The second-order valence-electron chi connectivity index (χ2n) is 8.75. The number of nitrogens with one attached hydrogen (secondary N) is 1. The van der Waals surface area contributed by atoms with Gasteiger partial charge in [0.1, 0.15) is 17.6 Å². The molecule has 3 rings (SSSR count). The summed E-state index contributed by atoms with van der Waals surface area (Å²) in [4.78, 5) is 23.1. The van der Waals surface area contributed by atoms with Gasteiger partial charge in [0, 0.05) is 19.6 Å². The number of esters is 1. The summed E-state index contributed by atoms with van der Waals surface area (Å²) in [6.07, 6.45) is 2.57. The Labute approximate surface area is 244 Å². The third-order valence-corrected chi connectivity index (χ3v) is 9.98. The number of hydrogen-bond acceptors (Lipinski definition) is 8. The van der Waals surface area contributed by atoms with Crippen LogP contribution in [0.25, 0.3) is 0 Å². The van der Waals surface area contributed by atoms with Crippen LogP contribution in [0.3, 0.4) is 0 Å². The molecule has 4 atom stereocenters. The number of carbonyl (C=O) groups excluding carboxylic acids is 2. The molecular weight excluding hydrogens is 659 g/mol. The smallest absolute Gasteiger partial charge is 0.352 e. The summed E-state index contributed by atoms with van der Waals surface area (Å²) in [7, 11) is 1.30. The zero-order valence-electron chi connectivity index (χ0n) is 21.5. The van der Waals surface area contributed by atoms with Crippen LogP contribution in [0, 0.1) is 28.6 Å². The van der Waals surface area contributed by atoms with Crippen molar-refractivity contribution >= 4 is 61.8 Å². The van der Waals surface area contributed by atoms with Gasteiger partial charge in [-0.3, -0.25) is 19.2 Å². The van der Waals surface area contributed by atoms with E-state index in [2.05, 4.69) is 47.5 Å². The molecular formula is C26H29Br2N2O6PS. The van der Waals surface area contributed by atoms with Crippen molar-refractivity contribution in [2.75, 3.05) is 13.4 Å². The van der Waals surface area contributed by atoms with Gasteiger partial charge in [-0.05, 0) is 73.7 Å². The number of rotatable bonds is 9. The fraction of sp³-hybridized carbons (Fsp3) is 0.346. The van der Waals surface area contributed by atoms with E-state index in [9.17, 15) is 19.4 Å². The minimum absolute atomic E-state index is 0.0563. The lowest BCUT2D eigenvalue weighted by atomic mass is 10.1. The van der Waals surface area contributed by atoms with Gasteiger partial charge in [0.05, 0.1) is 9.31 Å². The molecule has 1 N–H and O–H groups in total. The summed E-state index contributed by atoms with van der Waals surface area (Å²) in [5, 5.41) is 11.8. The highest BCUT2D eigenvalue weighted by Gasteiger charge is 2.61. The van der Waals surface area contributed by atoms with Crippen LogP contribution in [0.2, 0.25) is 0 Å². The van der Waals surface area contributed by atoms with Crippen molar-refractivity contribution in [3.05, 3.63) is 69.6 Å². The molecule has 2 aromatic carbocycles. The highest BCUT2D eigenvalue weighted by molar-refractivity contribution is 9.28. The Bertz CT molecular complexity index is 1240. The minimum Gasteiger partial charge on any atom is -0.457 e. The largest absolute Gasteiger partial charge is 0.457 e. The standard InChI is InChI=1S/C22H19Br2NO3.C4H10NO3PS/c1-22(2)17(12-19(23)24)20(22)21(26)28-18(13-25)14-7-6-10-16(11-14)27-15-8-4-3-5-9-15;1-4(6)5-9(7,8-2)10-3/h3-12,17-18,20H,1-2H3;1-3H3,(H,5,6,7)/t17-,18+,20-;/m0./s1. The Morgan fingerprint density at radius 1 is 1.16 bits per heavy atom. The number of ether oxygens (including phenoxy) is 2. The number of hydrogen-bond donors (Lipinski definition) is 1. The highest BCUT2D eigenvalue weighted by Crippen LogP contribution is 2.60. The molecule has 204 valence electrons. The molecule has 1 aliphatic rings. The van der Waals surface area contributed by atoms with Gasteiger partial charge in [0.15, 0.2) is 0 Å². The topological polar surface area (TPSA) is 115 Å². The molecule has 0 heterocycles. The molecule has 0 saturated heterocycles. The Hall–Kier alpha value is -2.09. The molecule has 1 saturated carbocycles. The number of amides is 1. The maximum atomic E-state index is 12.7. The molecule has 0 spiro atoms. The molecule has 0 aromatic heterocycles. The molecule has 12 heteroatoms. The fourth-order valence-corrected chi connectivity index (χ4v) is 6.05. The molecule has 1 aliphatic carbocycles. The number of nitrogens with zero attached hydrogens (tertiary/aromatic N) is 1. The van der Waals surface area contributed by atoms with Crippen molar-refractivity contribution in [2.24, 2.45) is 17.3 Å². The average molecular weight is 688 g/mol. The molecule has 1 unspecified atom stereocenters. The highest BCUT2D eigenvalue weighted by atomic mass is 79.9. The predicted octanol–water partition coefficient (Wildman–Crippen LogP) is 7.73. The summed E-state index contributed by atoms with van der Waals surface area (Å²) < 4.78 is 27.9. The van der Waals surface area contributed by atoms with Gasteiger partial charge < -0.3 is 14.0 Å². The van der Waals surface area contributed by atoms with Gasteiger partial charge in [-0.15, -0.1) is 0 Å². The number of benzene rings is 2. The second kappa shape index (κ2) is 14.3. The van der Waals surface area contributed by atoms with Gasteiger partial charge in [-0.25, -0.2) is 0 Å². The van der Waals surface area contributed by atoms with E-state index in [4.69, 9.17) is 9.47 Å². The van der Waals surface area contributed by atoms with Gasteiger partial charge in [0.2, 0.25) is 12.0 Å². The number of carbonyl (C=O) groups is 2. The van der Waals surface area contributed by atoms with Crippen molar-refractivity contribution in [1.82, 2.24) is 5.09 Å². The first-order chi connectivity index (χ1) is 17.9. The Kier molecular flexibility index (Phi) is 12.1. The molecule has 2 aromatic rings. The zero-order chi connectivity index (χ0) is 28.5. The number of halogens is 2. The van der Waals surface area contributed by atoms with Gasteiger partial charge in [0.25, 0.3) is 0 Å². The monoisotopic (exact) mass is 686 g/mol. The van der Waals surface area contributed by atoms with E-state index in [1.165, 1.54) is 14.0 Å². The third kappa shape index (κ3) is 9.28. The lowest BCUT2D eigenvalue weighted by Crippen LogP contribution is -2.15. The summed E-state index contributed by atoms with van der Waals surface area (Å²) >= 11 is 7.68. The van der Waals surface area contributed by atoms with Gasteiger partial charge in [-0.1, -0.05) is 61.6 Å². The van der Waals surface area contributed by atoms with Crippen molar-refractivity contribution in [3.8, 4) is 17.6 Å². The van der Waals surface area contributed by atoms with E-state index in [0.717, 1.165) is 14.8 Å². The van der Waals surface area contributed by atoms with Crippen molar-refractivity contribution < 1.29 is 28.2 Å². The molecule has 1 amide bonds. The van der Waals surface area contributed by atoms with Crippen LogP contribution in [-0.2, 0) is 23.4 Å². The summed E-state index contributed by atoms with van der Waals surface area (Å²) in [5.41, 5.74) is 0.374. The second-order valence-corrected chi connectivity index (χ2v) is 16.0. The molecule has 1 fully saturated rings. The quantitative estimate of drug-likeness (QED) is 0.210. The van der Waals surface area contributed by atoms with E-state index in [0.29, 0.717) is 17.1 Å². The van der Waals surface area contributed by atoms with Crippen molar-refractivity contribution in [3.63, 3.8) is 0 Å². The number of para-hydroxylation sites is 1. The maximum Gasteiger partial charge on any atom is 0.352 e. The van der Waals surface area contributed by atoms with Crippen LogP contribution < -0.4 is 9.82 Å². The van der Waals surface area contributed by atoms with Crippen LogP contribution in [-0.4, -0.2) is 25.2 Å². The van der Waals surface area contributed by atoms with E-state index < -0.39 is 12.8 Å². The number of nitriles is 1. The summed E-state index contributed by atoms with van der Waals surface area (Å²) in [6.45, 7) is 2.40. The third-order valence-electron chi connectivity index (χ3n) is 5.74. The number of allylic oxidation sites excluding steroid dienone is 1. The van der Waals surface area contributed by atoms with Crippen molar-refractivity contribution in [2.45, 2.75) is 26.9 Å². The summed E-state index contributed by atoms with van der Waals surface area (Å²) in [6, 6.07) is 18.5. The summed E-state index contributed by atoms with van der Waals surface area (Å²) in [5.74, 6) is 0.335. The minimum atomic E-state index is -2.92. The van der Waals surface area contributed by atoms with Crippen molar-refractivity contribution in [1.29, 1.82) is 5.26 Å². The first-order valence-corrected chi connectivity index (χ1v) is 16.4.